The summed E-state index contributed by atoms with van der Waals surface area (Å²) in [7, 11) is 0.229. The smallest absolute Gasteiger partial charge is 0.240 e. The van der Waals surface area contributed by atoms with Crippen LogP contribution in [0.25, 0.3) is 0 Å². The molecule has 0 bridgehead atoms. The van der Waals surface area contributed by atoms with Crippen LogP contribution in [0.15, 0.2) is 29.2 Å². The Bertz CT molecular complexity index is 549. The minimum Gasteiger partial charge on any atom is -0.382 e. The summed E-state index contributed by atoms with van der Waals surface area (Å²) < 4.78 is 25.7. The molecule has 5 nitrogen and oxygen atoms in total. The van der Waals surface area contributed by atoms with E-state index in [4.69, 9.17) is 0 Å². The number of nitrogens with one attached hydrogen (secondary N) is 2. The molecule has 0 radical (unpaired) electrons. The minimum absolute atomic E-state index is 0.294. The summed E-state index contributed by atoms with van der Waals surface area (Å²) in [4.78, 5) is 2.66. The molecule has 1 unspecified atom stereocenters. The summed E-state index contributed by atoms with van der Waals surface area (Å²) in [5.74, 6) is 0.668. The standard InChI is InChI=1S/C15H25N3O2S/c1-12(13-8-10-18(3)11-9-13)17-14-4-6-15(7-5-14)21(19,20)16-2/h4-7,12-13,16-17H,8-11H2,1-3H3. The molecule has 0 amide bonds. The Kier molecular flexibility index (Phi) is 5.24. The van der Waals surface area contributed by atoms with Gasteiger partial charge in [-0.15, -0.1) is 0 Å². The highest BCUT2D eigenvalue weighted by atomic mass is 32.2. The lowest BCUT2D eigenvalue weighted by molar-refractivity contribution is 0.208. The first-order valence-electron chi connectivity index (χ1n) is 7.41. The van der Waals surface area contributed by atoms with Crippen molar-refractivity contribution in [1.29, 1.82) is 0 Å². The van der Waals surface area contributed by atoms with Gasteiger partial charge in [0.25, 0.3) is 0 Å². The van der Waals surface area contributed by atoms with Gasteiger partial charge in [0.2, 0.25) is 10.0 Å². The van der Waals surface area contributed by atoms with Crippen molar-refractivity contribution in [2.45, 2.75) is 30.7 Å². The zero-order valence-electron chi connectivity index (χ0n) is 13.0. The molecule has 21 heavy (non-hydrogen) atoms. The molecule has 1 aromatic rings. The second kappa shape index (κ2) is 6.77. The number of hydrogen-bond acceptors (Lipinski definition) is 4. The third kappa shape index (κ3) is 4.18. The van der Waals surface area contributed by atoms with Crippen LogP contribution in [-0.2, 0) is 10.0 Å². The number of nitrogens with zero attached hydrogens (tertiary/aromatic N) is 1. The quantitative estimate of drug-likeness (QED) is 0.869. The van der Waals surface area contributed by atoms with Crippen molar-refractivity contribution in [2.75, 3.05) is 32.5 Å². The van der Waals surface area contributed by atoms with Gasteiger partial charge in [-0.2, -0.15) is 0 Å². The zero-order valence-corrected chi connectivity index (χ0v) is 13.8. The Morgan fingerprint density at radius 2 is 1.76 bits per heavy atom. The second-order valence-electron chi connectivity index (χ2n) is 5.81. The van der Waals surface area contributed by atoms with Crippen molar-refractivity contribution in [1.82, 2.24) is 9.62 Å². The molecule has 2 N–H and O–H groups in total. The molecule has 6 heteroatoms. The van der Waals surface area contributed by atoms with E-state index < -0.39 is 10.0 Å². The first-order valence-corrected chi connectivity index (χ1v) is 8.89. The Labute approximate surface area is 127 Å². The van der Waals surface area contributed by atoms with Crippen LogP contribution in [0.2, 0.25) is 0 Å². The molecular weight excluding hydrogens is 286 g/mol. The summed E-state index contributed by atoms with van der Waals surface area (Å²) >= 11 is 0. The summed E-state index contributed by atoms with van der Waals surface area (Å²) in [6.45, 7) is 4.50. The number of rotatable bonds is 5. The lowest BCUT2D eigenvalue weighted by Gasteiger charge is -2.33. The molecule has 2 rings (SSSR count). The molecule has 118 valence electrons. The second-order valence-corrected chi connectivity index (χ2v) is 7.69. The average molecular weight is 311 g/mol. The van der Waals surface area contributed by atoms with Gasteiger partial charge < -0.3 is 10.2 Å². The Morgan fingerprint density at radius 3 is 2.29 bits per heavy atom. The average Bonchev–Trinajstić information content (AvgIpc) is 2.48. The van der Waals surface area contributed by atoms with E-state index in [2.05, 4.69) is 28.9 Å². The zero-order chi connectivity index (χ0) is 15.5. The molecule has 1 heterocycles. The maximum absolute atomic E-state index is 11.7. The summed E-state index contributed by atoms with van der Waals surface area (Å²) in [5, 5.41) is 3.49. The van der Waals surface area contributed by atoms with E-state index >= 15 is 0 Å². The van der Waals surface area contributed by atoms with Crippen LogP contribution in [0.1, 0.15) is 19.8 Å². The van der Waals surface area contributed by atoms with Crippen molar-refractivity contribution in [3.63, 3.8) is 0 Å². The number of benzene rings is 1. The lowest BCUT2D eigenvalue weighted by Crippen LogP contribution is -2.37. The van der Waals surface area contributed by atoms with Crippen molar-refractivity contribution < 1.29 is 8.42 Å². The van der Waals surface area contributed by atoms with E-state index in [1.165, 1.54) is 19.9 Å². The third-order valence-electron chi connectivity index (χ3n) is 4.30. The molecule has 1 fully saturated rings. The number of likely N-dealkylation sites (tertiary alicyclic amines) is 1. The predicted octanol–water partition coefficient (Wildman–Crippen LogP) is 1.74. The van der Waals surface area contributed by atoms with Crippen LogP contribution in [0, 0.1) is 5.92 Å². The van der Waals surface area contributed by atoms with Gasteiger partial charge >= 0.3 is 0 Å². The van der Waals surface area contributed by atoms with Crippen molar-refractivity contribution >= 4 is 15.7 Å². The molecular formula is C15H25N3O2S. The highest BCUT2D eigenvalue weighted by Crippen LogP contribution is 2.23. The van der Waals surface area contributed by atoms with E-state index in [-0.39, 0.29) is 0 Å². The molecule has 1 aromatic carbocycles. The van der Waals surface area contributed by atoms with Crippen LogP contribution in [0.3, 0.4) is 0 Å². The Balaban J connectivity index is 1.97. The summed E-state index contributed by atoms with van der Waals surface area (Å²) in [6.07, 6.45) is 2.41. The minimum atomic E-state index is -3.35. The molecule has 1 atom stereocenters. The fourth-order valence-corrected chi connectivity index (χ4v) is 3.49. The molecule has 0 spiro atoms. The number of anilines is 1. The van der Waals surface area contributed by atoms with E-state index in [1.54, 1.807) is 12.1 Å². The highest BCUT2D eigenvalue weighted by Gasteiger charge is 2.22. The first kappa shape index (κ1) is 16.3. The maximum atomic E-state index is 11.7. The van der Waals surface area contributed by atoms with E-state index in [0.717, 1.165) is 18.8 Å². The summed E-state index contributed by atoms with van der Waals surface area (Å²) in [5.41, 5.74) is 0.969. The van der Waals surface area contributed by atoms with Gasteiger partial charge in [0.15, 0.2) is 0 Å². The van der Waals surface area contributed by atoms with Gasteiger partial charge in [-0.05, 0) is 77.1 Å². The predicted molar refractivity (Wildman–Crippen MR) is 86.0 cm³/mol. The molecule has 1 aliphatic rings. The van der Waals surface area contributed by atoms with E-state index in [1.807, 2.05) is 12.1 Å². The largest absolute Gasteiger partial charge is 0.382 e. The number of hydrogen-bond donors (Lipinski definition) is 2. The van der Waals surface area contributed by atoms with Crippen LogP contribution in [-0.4, -0.2) is 46.5 Å². The fraction of sp³-hybridized carbons (Fsp3) is 0.600. The van der Waals surface area contributed by atoms with Crippen LogP contribution < -0.4 is 10.0 Å². The van der Waals surface area contributed by atoms with E-state index in [9.17, 15) is 8.42 Å². The number of sulfonamides is 1. The van der Waals surface area contributed by atoms with Crippen LogP contribution in [0.5, 0.6) is 0 Å². The molecule has 0 saturated carbocycles. The van der Waals surface area contributed by atoms with Crippen molar-refractivity contribution in [2.24, 2.45) is 5.92 Å². The highest BCUT2D eigenvalue weighted by molar-refractivity contribution is 7.89. The topological polar surface area (TPSA) is 61.4 Å². The Hall–Kier alpha value is -1.11. The third-order valence-corrected chi connectivity index (χ3v) is 5.73. The molecule has 1 aliphatic heterocycles. The molecule has 0 aliphatic carbocycles. The van der Waals surface area contributed by atoms with Gasteiger partial charge in [-0.3, -0.25) is 0 Å². The first-order chi connectivity index (χ1) is 9.92. The SMILES string of the molecule is CNS(=O)(=O)c1ccc(NC(C)C2CCN(C)CC2)cc1. The van der Waals surface area contributed by atoms with Gasteiger partial charge in [0.1, 0.15) is 0 Å². The maximum Gasteiger partial charge on any atom is 0.240 e. The summed E-state index contributed by atoms with van der Waals surface area (Å²) in [6, 6.07) is 7.32. The van der Waals surface area contributed by atoms with E-state index in [0.29, 0.717) is 16.9 Å². The van der Waals surface area contributed by atoms with Gasteiger partial charge in [0.05, 0.1) is 4.90 Å². The van der Waals surface area contributed by atoms with Crippen LogP contribution in [0.4, 0.5) is 5.69 Å². The number of piperidine rings is 1. The molecule has 0 aromatic heterocycles. The monoisotopic (exact) mass is 311 g/mol. The Morgan fingerprint density at radius 1 is 1.19 bits per heavy atom. The normalized spacial score (nSPS) is 19.4. The van der Waals surface area contributed by atoms with Gasteiger partial charge in [-0.25, -0.2) is 13.1 Å². The van der Waals surface area contributed by atoms with Crippen LogP contribution >= 0.6 is 0 Å². The van der Waals surface area contributed by atoms with Gasteiger partial charge in [0, 0.05) is 11.7 Å². The van der Waals surface area contributed by atoms with Crippen molar-refractivity contribution in [3.8, 4) is 0 Å². The van der Waals surface area contributed by atoms with Crippen molar-refractivity contribution in [3.05, 3.63) is 24.3 Å². The fourth-order valence-electron chi connectivity index (χ4n) is 2.76. The molecule has 1 saturated heterocycles. The van der Waals surface area contributed by atoms with Gasteiger partial charge in [-0.1, -0.05) is 0 Å². The lowest BCUT2D eigenvalue weighted by atomic mass is 9.90.